The van der Waals surface area contributed by atoms with E-state index in [1.54, 1.807) is 0 Å². The standard InChI is InChI=1S/C32H32N4/c1-4-12-27-26-17-11-20-30(26)36(24-14-6-5-7-15-24)32(27)22(2)25-16-10-13-23(31(25)34-3)21-35-29-19-9-8-18-28(29)33/h4-19,34-35H,1,20-21,33H2,2-3H3/b27-12-,32-22-. The summed E-state index contributed by atoms with van der Waals surface area (Å²) in [7, 11) is 1.99. The second-order valence-electron chi connectivity index (χ2n) is 8.96. The van der Waals surface area contributed by atoms with Crippen LogP contribution in [0.1, 0.15) is 29.3 Å². The molecule has 0 fully saturated rings. The van der Waals surface area contributed by atoms with Gasteiger partial charge in [0.15, 0.2) is 0 Å². The fourth-order valence-corrected chi connectivity index (χ4v) is 5.18. The van der Waals surface area contributed by atoms with Crippen molar-refractivity contribution in [2.75, 3.05) is 23.4 Å². The number of para-hydroxylation sites is 4. The second-order valence-corrected chi connectivity index (χ2v) is 8.96. The molecule has 0 aliphatic heterocycles. The number of nitrogens with zero attached hydrogens (tertiary/aromatic N) is 1. The van der Waals surface area contributed by atoms with E-state index in [1.165, 1.54) is 44.2 Å². The van der Waals surface area contributed by atoms with Crippen LogP contribution in [0.5, 0.6) is 0 Å². The molecular weight excluding hydrogens is 440 g/mol. The smallest absolute Gasteiger partial charge is 0.0576 e. The Morgan fingerprint density at radius 3 is 2.56 bits per heavy atom. The van der Waals surface area contributed by atoms with Crippen LogP contribution in [-0.2, 0) is 13.0 Å². The van der Waals surface area contributed by atoms with E-state index < -0.39 is 0 Å². The van der Waals surface area contributed by atoms with Crippen molar-refractivity contribution in [3.63, 3.8) is 0 Å². The first-order chi connectivity index (χ1) is 17.6. The van der Waals surface area contributed by atoms with Crippen molar-refractivity contribution >= 4 is 34.8 Å². The lowest BCUT2D eigenvalue weighted by Crippen LogP contribution is -2.32. The minimum Gasteiger partial charge on any atom is -0.397 e. The van der Waals surface area contributed by atoms with Gasteiger partial charge in [0, 0.05) is 53.4 Å². The van der Waals surface area contributed by atoms with E-state index in [2.05, 4.69) is 95.5 Å². The molecule has 0 amide bonds. The average Bonchev–Trinajstić information content (AvgIpc) is 3.50. The summed E-state index contributed by atoms with van der Waals surface area (Å²) in [5, 5.41) is 9.39. The van der Waals surface area contributed by atoms with Crippen LogP contribution < -0.4 is 26.9 Å². The monoisotopic (exact) mass is 472 g/mol. The van der Waals surface area contributed by atoms with Crippen LogP contribution in [-0.4, -0.2) is 11.6 Å². The third-order valence-corrected chi connectivity index (χ3v) is 6.83. The normalized spacial score (nSPS) is 13.4. The van der Waals surface area contributed by atoms with E-state index in [0.717, 1.165) is 23.5 Å². The van der Waals surface area contributed by atoms with E-state index in [0.29, 0.717) is 6.54 Å². The first-order valence-electron chi connectivity index (χ1n) is 12.3. The SMILES string of the molecule is C=C/C=c1/c2c(n(-c3ccccc3)/c1=C(/C)c1cccc(CNc3ccccc3N)c1NC)CC=C2. The molecule has 0 spiro atoms. The topological polar surface area (TPSA) is 55.0 Å². The molecule has 0 atom stereocenters. The number of benzene rings is 3. The van der Waals surface area contributed by atoms with Gasteiger partial charge in [-0.2, -0.15) is 0 Å². The van der Waals surface area contributed by atoms with Gasteiger partial charge in [-0.3, -0.25) is 0 Å². The zero-order chi connectivity index (χ0) is 25.1. The summed E-state index contributed by atoms with van der Waals surface area (Å²) in [4.78, 5) is 0. The number of hydrogen-bond donors (Lipinski definition) is 3. The largest absolute Gasteiger partial charge is 0.397 e. The van der Waals surface area contributed by atoms with Gasteiger partial charge in [-0.15, -0.1) is 0 Å². The lowest BCUT2D eigenvalue weighted by Gasteiger charge is -2.18. The maximum Gasteiger partial charge on any atom is 0.0576 e. The van der Waals surface area contributed by atoms with Crippen molar-refractivity contribution in [1.29, 1.82) is 0 Å². The molecule has 36 heavy (non-hydrogen) atoms. The van der Waals surface area contributed by atoms with Crippen LogP contribution in [0.25, 0.3) is 23.4 Å². The lowest BCUT2D eigenvalue weighted by atomic mass is 9.99. The van der Waals surface area contributed by atoms with Crippen LogP contribution in [0.4, 0.5) is 17.1 Å². The molecule has 4 heteroatoms. The number of nitrogens with two attached hydrogens (primary N) is 1. The van der Waals surface area contributed by atoms with Crippen molar-refractivity contribution in [1.82, 2.24) is 4.57 Å². The minimum atomic E-state index is 0.663. The highest BCUT2D eigenvalue weighted by molar-refractivity contribution is 5.79. The summed E-state index contributed by atoms with van der Waals surface area (Å²) in [6, 6.07) is 25.0. The number of fused-ring (bicyclic) bond motifs is 1. The molecule has 5 rings (SSSR count). The third-order valence-electron chi connectivity index (χ3n) is 6.83. The predicted molar refractivity (Wildman–Crippen MR) is 155 cm³/mol. The number of allylic oxidation sites excluding steroid dienone is 2. The summed E-state index contributed by atoms with van der Waals surface area (Å²) >= 11 is 0. The van der Waals surface area contributed by atoms with E-state index in [9.17, 15) is 0 Å². The first-order valence-corrected chi connectivity index (χ1v) is 12.3. The Morgan fingerprint density at radius 2 is 1.81 bits per heavy atom. The van der Waals surface area contributed by atoms with Crippen LogP contribution in [0.3, 0.4) is 0 Å². The summed E-state index contributed by atoms with van der Waals surface area (Å²) in [5.41, 5.74) is 16.3. The highest BCUT2D eigenvalue weighted by Crippen LogP contribution is 2.28. The number of hydrogen-bond acceptors (Lipinski definition) is 3. The third kappa shape index (κ3) is 4.11. The maximum atomic E-state index is 6.16. The first kappa shape index (κ1) is 23.3. The summed E-state index contributed by atoms with van der Waals surface area (Å²) < 4.78 is 2.41. The molecule has 1 aliphatic rings. The molecule has 0 radical (unpaired) electrons. The molecule has 4 nitrogen and oxygen atoms in total. The van der Waals surface area contributed by atoms with Gasteiger partial charge in [0.05, 0.1) is 16.7 Å². The molecule has 3 aromatic carbocycles. The Morgan fingerprint density at radius 1 is 1.03 bits per heavy atom. The highest BCUT2D eigenvalue weighted by atomic mass is 15.0. The van der Waals surface area contributed by atoms with Crippen LogP contribution in [0.15, 0.2) is 91.5 Å². The highest BCUT2D eigenvalue weighted by Gasteiger charge is 2.20. The molecule has 4 N–H and O–H groups in total. The number of nitrogen functional groups attached to an aromatic ring is 1. The molecule has 1 aromatic heterocycles. The number of aromatic nitrogens is 1. The van der Waals surface area contributed by atoms with Crippen molar-refractivity contribution in [3.8, 4) is 5.69 Å². The quantitative estimate of drug-likeness (QED) is 0.313. The zero-order valence-electron chi connectivity index (χ0n) is 20.9. The Kier molecular flexibility index (Phi) is 6.50. The lowest BCUT2D eigenvalue weighted by molar-refractivity contribution is 0.943. The van der Waals surface area contributed by atoms with Gasteiger partial charge >= 0.3 is 0 Å². The molecule has 4 aromatic rings. The average molecular weight is 473 g/mol. The Hall–Kier alpha value is -4.44. The number of rotatable bonds is 7. The van der Waals surface area contributed by atoms with E-state index >= 15 is 0 Å². The fourth-order valence-electron chi connectivity index (χ4n) is 5.18. The fraction of sp³-hybridized carbons (Fsp3) is 0.125. The zero-order valence-corrected chi connectivity index (χ0v) is 20.9. The van der Waals surface area contributed by atoms with Crippen molar-refractivity contribution in [2.24, 2.45) is 0 Å². The van der Waals surface area contributed by atoms with Gasteiger partial charge in [0.2, 0.25) is 0 Å². The van der Waals surface area contributed by atoms with Crippen molar-refractivity contribution in [3.05, 3.63) is 124 Å². The Bertz CT molecular complexity index is 1570. The Balaban J connectivity index is 1.72. The number of anilines is 3. The van der Waals surface area contributed by atoms with Gasteiger partial charge in [0.1, 0.15) is 0 Å². The minimum absolute atomic E-state index is 0.663. The molecule has 1 heterocycles. The maximum absolute atomic E-state index is 6.16. The van der Waals surface area contributed by atoms with E-state index in [4.69, 9.17) is 5.73 Å². The van der Waals surface area contributed by atoms with Crippen LogP contribution in [0, 0.1) is 0 Å². The molecule has 0 saturated heterocycles. The summed E-state index contributed by atoms with van der Waals surface area (Å²) in [5.74, 6) is 0. The van der Waals surface area contributed by atoms with Gasteiger partial charge in [-0.05, 0) is 42.3 Å². The van der Waals surface area contributed by atoms with Crippen LogP contribution in [0.2, 0.25) is 0 Å². The molecule has 0 saturated carbocycles. The van der Waals surface area contributed by atoms with Gasteiger partial charge in [0.25, 0.3) is 0 Å². The summed E-state index contributed by atoms with van der Waals surface area (Å²) in [6.45, 7) is 6.90. The van der Waals surface area contributed by atoms with Gasteiger partial charge in [-0.25, -0.2) is 0 Å². The second kappa shape index (κ2) is 10.0. The van der Waals surface area contributed by atoms with Crippen LogP contribution >= 0.6 is 0 Å². The number of nitrogens with one attached hydrogen (secondary N) is 2. The molecule has 180 valence electrons. The Labute approximate surface area is 212 Å². The van der Waals surface area contributed by atoms with E-state index in [-0.39, 0.29) is 0 Å². The molecule has 1 aliphatic carbocycles. The molecular formula is C32H32N4. The summed E-state index contributed by atoms with van der Waals surface area (Å²) in [6.07, 6.45) is 9.42. The van der Waals surface area contributed by atoms with Gasteiger partial charge < -0.3 is 20.9 Å². The predicted octanol–water partition coefficient (Wildman–Crippen LogP) is 5.47. The van der Waals surface area contributed by atoms with Crippen molar-refractivity contribution in [2.45, 2.75) is 19.9 Å². The molecule has 0 bridgehead atoms. The van der Waals surface area contributed by atoms with Crippen molar-refractivity contribution < 1.29 is 0 Å². The van der Waals surface area contributed by atoms with Gasteiger partial charge in [-0.1, -0.05) is 79.4 Å². The molecule has 0 unspecified atom stereocenters. The van der Waals surface area contributed by atoms with E-state index in [1.807, 2.05) is 37.4 Å².